The first kappa shape index (κ1) is 17.0. The fourth-order valence-corrected chi connectivity index (χ4v) is 6.10. The minimum absolute atomic E-state index is 0.142. The van der Waals surface area contributed by atoms with Crippen molar-refractivity contribution in [1.29, 1.82) is 0 Å². The van der Waals surface area contributed by atoms with Crippen LogP contribution in [0.3, 0.4) is 0 Å². The van der Waals surface area contributed by atoms with Gasteiger partial charge in [0.05, 0.1) is 7.11 Å². The molecule has 3 aliphatic rings. The summed E-state index contributed by atoms with van der Waals surface area (Å²) in [5, 5.41) is 0. The molecule has 0 N–H and O–H groups in total. The predicted octanol–water partition coefficient (Wildman–Crippen LogP) is 4.33. The van der Waals surface area contributed by atoms with Gasteiger partial charge in [0, 0.05) is 23.6 Å². The quantitative estimate of drug-likeness (QED) is 0.764. The number of hydrogen-bond acceptors (Lipinski definition) is 3. The van der Waals surface area contributed by atoms with E-state index in [4.69, 9.17) is 9.47 Å². The van der Waals surface area contributed by atoms with Gasteiger partial charge in [-0.05, 0) is 63.1 Å². The Hall–Kier alpha value is -1.48. The van der Waals surface area contributed by atoms with Crippen LogP contribution in [-0.2, 0) is 5.41 Å². The summed E-state index contributed by atoms with van der Waals surface area (Å²) < 4.78 is 12.3. The largest absolute Gasteiger partial charge is 0.493 e. The lowest BCUT2D eigenvalue weighted by atomic mass is 9.53. The fourth-order valence-electron chi connectivity index (χ4n) is 6.10. The molecule has 0 aromatic heterocycles. The zero-order valence-corrected chi connectivity index (χ0v) is 16.0. The normalized spacial score (nSPS) is 36.8. The minimum Gasteiger partial charge on any atom is -0.493 e. The summed E-state index contributed by atoms with van der Waals surface area (Å²) >= 11 is 0. The topological polar surface area (TPSA) is 21.7 Å². The summed E-state index contributed by atoms with van der Waals surface area (Å²) in [5.41, 5.74) is 2.95. The van der Waals surface area contributed by atoms with Crippen LogP contribution in [0.2, 0.25) is 0 Å². The van der Waals surface area contributed by atoms with Gasteiger partial charge in [0.1, 0.15) is 6.10 Å². The van der Waals surface area contributed by atoms with Crippen LogP contribution < -0.4 is 9.47 Å². The number of hydrogen-bond donors (Lipinski definition) is 0. The third-order valence-corrected chi connectivity index (χ3v) is 7.21. The zero-order chi connectivity index (χ0) is 17.8. The number of nitrogens with zero attached hydrogens (tertiary/aromatic N) is 1. The number of rotatable bonds is 3. The van der Waals surface area contributed by atoms with Gasteiger partial charge in [-0.3, -0.25) is 4.90 Å². The van der Waals surface area contributed by atoms with Crippen molar-refractivity contribution in [1.82, 2.24) is 4.90 Å². The van der Waals surface area contributed by atoms with Gasteiger partial charge in [-0.1, -0.05) is 19.1 Å². The molecule has 5 atom stereocenters. The number of ether oxygens (including phenoxy) is 2. The molecular formula is C22H31NO2. The number of likely N-dealkylation sites (tertiary alicyclic amines) is 1. The Morgan fingerprint density at radius 2 is 2.16 bits per heavy atom. The lowest BCUT2D eigenvalue weighted by Gasteiger charge is -2.56. The molecule has 2 heterocycles. The number of benzene rings is 1. The Morgan fingerprint density at radius 3 is 2.88 bits per heavy atom. The highest BCUT2D eigenvalue weighted by Crippen LogP contribution is 2.62. The smallest absolute Gasteiger partial charge is 0.165 e. The van der Waals surface area contributed by atoms with E-state index in [9.17, 15) is 0 Å². The summed E-state index contributed by atoms with van der Waals surface area (Å²) in [6.07, 6.45) is 6.03. The standard InChI is InChI=1S/C22H31NO2/c1-6-12-23-13-11-22-17(16(23)4)9-7-15(3)21(22)25-20-18(24-5)10-8-14(2)19(20)22/h6,8,10,15-17,21H,1,7,9,11-13H2,2-5H3/t15?,16?,17-,21?,22-/m1/s1. The summed E-state index contributed by atoms with van der Waals surface area (Å²) in [4.78, 5) is 2.60. The molecule has 3 heteroatoms. The van der Waals surface area contributed by atoms with Crippen molar-refractivity contribution in [2.75, 3.05) is 20.2 Å². The molecule has 3 nitrogen and oxygen atoms in total. The number of methoxy groups -OCH3 is 1. The molecule has 1 aromatic rings. The van der Waals surface area contributed by atoms with Crippen LogP contribution in [0.25, 0.3) is 0 Å². The number of fused-ring (bicyclic) bond motifs is 1. The van der Waals surface area contributed by atoms with Crippen molar-refractivity contribution in [3.8, 4) is 11.5 Å². The summed E-state index contributed by atoms with van der Waals surface area (Å²) in [6.45, 7) is 13.1. The van der Waals surface area contributed by atoms with Crippen molar-refractivity contribution in [2.45, 2.75) is 57.6 Å². The Bertz CT molecular complexity index is 685. The highest BCUT2D eigenvalue weighted by molar-refractivity contribution is 5.59. The van der Waals surface area contributed by atoms with Crippen molar-refractivity contribution < 1.29 is 9.47 Å². The first-order valence-corrected chi connectivity index (χ1v) is 9.74. The van der Waals surface area contributed by atoms with Gasteiger partial charge < -0.3 is 9.47 Å². The van der Waals surface area contributed by atoms with Gasteiger partial charge in [-0.2, -0.15) is 0 Å². The molecule has 2 aliphatic heterocycles. The van der Waals surface area contributed by atoms with Gasteiger partial charge in [0.2, 0.25) is 0 Å². The lowest BCUT2D eigenvalue weighted by Crippen LogP contribution is -2.62. The van der Waals surface area contributed by atoms with E-state index < -0.39 is 0 Å². The van der Waals surface area contributed by atoms with E-state index >= 15 is 0 Å². The third kappa shape index (κ3) is 2.21. The molecule has 1 saturated heterocycles. The second-order valence-corrected chi connectivity index (χ2v) is 8.30. The molecule has 3 unspecified atom stereocenters. The Balaban J connectivity index is 1.87. The van der Waals surface area contributed by atoms with Gasteiger partial charge in [-0.25, -0.2) is 0 Å². The molecule has 25 heavy (non-hydrogen) atoms. The molecule has 1 spiro atoms. The molecule has 1 saturated carbocycles. The van der Waals surface area contributed by atoms with Gasteiger partial charge in [-0.15, -0.1) is 6.58 Å². The first-order chi connectivity index (χ1) is 12.0. The molecule has 2 fully saturated rings. The maximum atomic E-state index is 6.67. The predicted molar refractivity (Wildman–Crippen MR) is 102 cm³/mol. The minimum atomic E-state index is 0.142. The van der Waals surface area contributed by atoms with Crippen LogP contribution in [-0.4, -0.2) is 37.2 Å². The molecule has 1 aromatic carbocycles. The zero-order valence-electron chi connectivity index (χ0n) is 16.0. The lowest BCUT2D eigenvalue weighted by molar-refractivity contribution is -0.0582. The van der Waals surface area contributed by atoms with Gasteiger partial charge in [0.25, 0.3) is 0 Å². The second-order valence-electron chi connectivity index (χ2n) is 8.30. The van der Waals surface area contributed by atoms with E-state index in [1.54, 1.807) is 7.11 Å². The van der Waals surface area contributed by atoms with Gasteiger partial charge >= 0.3 is 0 Å². The van der Waals surface area contributed by atoms with Crippen LogP contribution >= 0.6 is 0 Å². The SMILES string of the molecule is C=CCN1CC[C@@]23c4c(C)ccc(OC)c4OC2C(C)CC[C@@H]3C1C. The Morgan fingerprint density at radius 1 is 1.36 bits per heavy atom. The molecular weight excluding hydrogens is 310 g/mol. The van der Waals surface area contributed by atoms with Crippen molar-refractivity contribution >= 4 is 0 Å². The third-order valence-electron chi connectivity index (χ3n) is 7.21. The fraction of sp³-hybridized carbons (Fsp3) is 0.636. The van der Waals surface area contributed by atoms with E-state index in [1.807, 2.05) is 6.08 Å². The van der Waals surface area contributed by atoms with E-state index in [0.29, 0.717) is 17.9 Å². The Labute approximate surface area is 152 Å². The molecule has 0 amide bonds. The molecule has 1 aliphatic carbocycles. The highest BCUT2D eigenvalue weighted by atomic mass is 16.5. The van der Waals surface area contributed by atoms with E-state index in [1.165, 1.54) is 30.4 Å². The second kappa shape index (κ2) is 6.05. The number of aryl methyl sites for hydroxylation is 1. The van der Waals surface area contributed by atoms with Crippen LogP contribution in [0.5, 0.6) is 11.5 Å². The van der Waals surface area contributed by atoms with Crippen molar-refractivity contribution in [3.63, 3.8) is 0 Å². The summed E-state index contributed by atoms with van der Waals surface area (Å²) in [7, 11) is 1.75. The summed E-state index contributed by atoms with van der Waals surface area (Å²) in [5.74, 6) is 3.15. The average molecular weight is 341 g/mol. The van der Waals surface area contributed by atoms with Crippen molar-refractivity contribution in [3.05, 3.63) is 35.9 Å². The van der Waals surface area contributed by atoms with Crippen molar-refractivity contribution in [2.24, 2.45) is 11.8 Å². The van der Waals surface area contributed by atoms with Crippen LogP contribution in [0.15, 0.2) is 24.8 Å². The summed E-state index contributed by atoms with van der Waals surface area (Å²) in [6, 6.07) is 4.84. The number of piperidine rings is 1. The van der Waals surface area contributed by atoms with Crippen LogP contribution in [0.1, 0.15) is 44.2 Å². The average Bonchev–Trinajstić information content (AvgIpc) is 2.95. The first-order valence-electron chi connectivity index (χ1n) is 9.74. The molecule has 136 valence electrons. The van der Waals surface area contributed by atoms with E-state index in [-0.39, 0.29) is 11.5 Å². The molecule has 4 rings (SSSR count). The van der Waals surface area contributed by atoms with Gasteiger partial charge in [0.15, 0.2) is 11.5 Å². The highest BCUT2D eigenvalue weighted by Gasteiger charge is 2.61. The maximum Gasteiger partial charge on any atom is 0.165 e. The molecule has 0 radical (unpaired) electrons. The van der Waals surface area contributed by atoms with E-state index in [0.717, 1.165) is 24.6 Å². The molecule has 0 bridgehead atoms. The van der Waals surface area contributed by atoms with Crippen LogP contribution in [0.4, 0.5) is 0 Å². The maximum absolute atomic E-state index is 6.67. The van der Waals surface area contributed by atoms with Crippen LogP contribution in [0, 0.1) is 18.8 Å². The Kier molecular flexibility index (Phi) is 4.10. The monoisotopic (exact) mass is 341 g/mol. The van der Waals surface area contributed by atoms with E-state index in [2.05, 4.69) is 44.4 Å².